The summed E-state index contributed by atoms with van der Waals surface area (Å²) < 4.78 is 10.5. The van der Waals surface area contributed by atoms with Gasteiger partial charge in [-0.05, 0) is 6.92 Å². The first-order valence-corrected chi connectivity index (χ1v) is 4.42. The number of β-amino-alcohol motifs (C(OH)–C–C–N with tert-alkyl or cyclic N) is 1. The number of rotatable bonds is 5. The van der Waals surface area contributed by atoms with E-state index in [9.17, 15) is 5.11 Å². The Hall–Kier alpha value is -0.160. The van der Waals surface area contributed by atoms with E-state index in [4.69, 9.17) is 9.47 Å². The van der Waals surface area contributed by atoms with Crippen LogP contribution in [-0.4, -0.2) is 50.2 Å². The van der Waals surface area contributed by atoms with Gasteiger partial charge in [0, 0.05) is 19.7 Å². The Kier molecular flexibility index (Phi) is 4.53. The van der Waals surface area contributed by atoms with E-state index in [0.717, 1.165) is 13.2 Å². The number of aliphatic hydroxyl groups is 1. The van der Waals surface area contributed by atoms with E-state index < -0.39 is 0 Å². The molecule has 0 bridgehead atoms. The lowest BCUT2D eigenvalue weighted by Crippen LogP contribution is -2.28. The Morgan fingerprint density at radius 2 is 2.25 bits per heavy atom. The topological polar surface area (TPSA) is 50.7 Å². The van der Waals surface area contributed by atoms with Gasteiger partial charge >= 0.3 is 0 Å². The summed E-state index contributed by atoms with van der Waals surface area (Å²) in [5.41, 5.74) is 0. The number of hydrogen-bond donors (Lipinski definition) is 2. The van der Waals surface area contributed by atoms with Crippen LogP contribution < -0.4 is 5.32 Å². The van der Waals surface area contributed by atoms with E-state index in [1.807, 2.05) is 6.92 Å². The summed E-state index contributed by atoms with van der Waals surface area (Å²) in [5, 5.41) is 12.4. The van der Waals surface area contributed by atoms with Crippen LogP contribution >= 0.6 is 0 Å². The first-order chi connectivity index (χ1) is 5.84. The van der Waals surface area contributed by atoms with Gasteiger partial charge < -0.3 is 19.9 Å². The fourth-order valence-corrected chi connectivity index (χ4v) is 1.21. The van der Waals surface area contributed by atoms with Crippen molar-refractivity contribution >= 4 is 0 Å². The van der Waals surface area contributed by atoms with Crippen molar-refractivity contribution in [1.29, 1.82) is 0 Å². The Bertz CT molecular complexity index is 121. The molecule has 0 aromatic heterocycles. The largest absolute Gasteiger partial charge is 0.389 e. The minimum Gasteiger partial charge on any atom is -0.389 e. The third-order valence-corrected chi connectivity index (χ3v) is 1.89. The molecule has 2 N–H and O–H groups in total. The number of nitrogens with one attached hydrogen (secondary N) is 1. The summed E-state index contributed by atoms with van der Waals surface area (Å²) in [7, 11) is 0. The van der Waals surface area contributed by atoms with Crippen LogP contribution in [0.25, 0.3) is 0 Å². The molecular formula is C8H17NO3. The minimum absolute atomic E-state index is 0.0505. The van der Waals surface area contributed by atoms with Crippen molar-refractivity contribution in [2.24, 2.45) is 0 Å². The zero-order valence-corrected chi connectivity index (χ0v) is 7.45. The summed E-state index contributed by atoms with van der Waals surface area (Å²) in [6.07, 6.45) is -0.405. The molecule has 0 aliphatic carbocycles. The van der Waals surface area contributed by atoms with Crippen LogP contribution in [0.2, 0.25) is 0 Å². The summed E-state index contributed by atoms with van der Waals surface area (Å²) in [6, 6.07) is 0. The Balaban J connectivity index is 1.98. The highest BCUT2D eigenvalue weighted by atomic mass is 16.5. The van der Waals surface area contributed by atoms with Gasteiger partial charge in [0.1, 0.15) is 0 Å². The minimum atomic E-state index is -0.355. The van der Waals surface area contributed by atoms with Gasteiger partial charge in [0.15, 0.2) is 0 Å². The van der Waals surface area contributed by atoms with Crippen LogP contribution in [0.1, 0.15) is 6.92 Å². The molecule has 1 rings (SSSR count). The third kappa shape index (κ3) is 3.06. The van der Waals surface area contributed by atoms with Gasteiger partial charge in [0.25, 0.3) is 0 Å². The normalized spacial score (nSPS) is 29.5. The average molecular weight is 175 g/mol. The Morgan fingerprint density at radius 1 is 1.42 bits per heavy atom. The highest BCUT2D eigenvalue weighted by molar-refractivity contribution is 4.80. The zero-order valence-electron chi connectivity index (χ0n) is 7.45. The fraction of sp³-hybridized carbons (Fsp3) is 1.00. The molecule has 0 radical (unpaired) electrons. The van der Waals surface area contributed by atoms with Crippen LogP contribution in [0.5, 0.6) is 0 Å². The van der Waals surface area contributed by atoms with Crippen LogP contribution in [0.15, 0.2) is 0 Å². The van der Waals surface area contributed by atoms with E-state index in [1.54, 1.807) is 0 Å². The lowest BCUT2D eigenvalue weighted by molar-refractivity contribution is -0.0313. The summed E-state index contributed by atoms with van der Waals surface area (Å²) >= 11 is 0. The smallest absolute Gasteiger partial charge is 0.0971 e. The monoisotopic (exact) mass is 175 g/mol. The van der Waals surface area contributed by atoms with Crippen molar-refractivity contribution in [2.75, 3.05) is 32.9 Å². The van der Waals surface area contributed by atoms with Crippen LogP contribution in [-0.2, 0) is 9.47 Å². The summed E-state index contributed by atoms with van der Waals surface area (Å²) in [5.74, 6) is 0. The molecule has 2 unspecified atom stereocenters. The van der Waals surface area contributed by atoms with Gasteiger partial charge in [-0.1, -0.05) is 0 Å². The maximum absolute atomic E-state index is 9.32. The van der Waals surface area contributed by atoms with Crippen LogP contribution in [0.3, 0.4) is 0 Å². The van der Waals surface area contributed by atoms with Crippen molar-refractivity contribution < 1.29 is 14.6 Å². The van der Waals surface area contributed by atoms with Gasteiger partial charge in [-0.3, -0.25) is 0 Å². The molecule has 2 atom stereocenters. The van der Waals surface area contributed by atoms with Gasteiger partial charge in [0.05, 0.1) is 25.4 Å². The van der Waals surface area contributed by atoms with E-state index in [0.29, 0.717) is 19.8 Å². The SMILES string of the molecule is CCOCCOC1CNCC1O. The molecule has 0 saturated carbocycles. The first kappa shape index (κ1) is 9.92. The van der Waals surface area contributed by atoms with Crippen molar-refractivity contribution in [1.82, 2.24) is 5.32 Å². The lowest BCUT2D eigenvalue weighted by atomic mass is 10.3. The fourth-order valence-electron chi connectivity index (χ4n) is 1.21. The molecule has 0 amide bonds. The van der Waals surface area contributed by atoms with E-state index in [2.05, 4.69) is 5.32 Å². The van der Waals surface area contributed by atoms with E-state index in [-0.39, 0.29) is 12.2 Å². The van der Waals surface area contributed by atoms with Gasteiger partial charge in [-0.15, -0.1) is 0 Å². The standard InChI is InChI=1S/C8H17NO3/c1-2-11-3-4-12-8-6-9-5-7(8)10/h7-10H,2-6H2,1H3. The molecule has 12 heavy (non-hydrogen) atoms. The van der Waals surface area contributed by atoms with E-state index in [1.165, 1.54) is 0 Å². The van der Waals surface area contributed by atoms with Crippen molar-refractivity contribution in [3.8, 4) is 0 Å². The quantitative estimate of drug-likeness (QED) is 0.546. The van der Waals surface area contributed by atoms with Gasteiger partial charge in [-0.25, -0.2) is 0 Å². The predicted molar refractivity (Wildman–Crippen MR) is 45.1 cm³/mol. The molecule has 0 aromatic carbocycles. The van der Waals surface area contributed by atoms with Crippen LogP contribution in [0, 0.1) is 0 Å². The molecule has 1 heterocycles. The third-order valence-electron chi connectivity index (χ3n) is 1.89. The molecule has 0 spiro atoms. The molecular weight excluding hydrogens is 158 g/mol. The summed E-state index contributed by atoms with van der Waals surface area (Å²) in [4.78, 5) is 0. The molecule has 0 aromatic rings. The first-order valence-electron chi connectivity index (χ1n) is 4.42. The van der Waals surface area contributed by atoms with E-state index >= 15 is 0 Å². The number of aliphatic hydroxyl groups excluding tert-OH is 1. The second kappa shape index (κ2) is 5.48. The van der Waals surface area contributed by atoms with Gasteiger partial charge in [0.2, 0.25) is 0 Å². The molecule has 1 fully saturated rings. The predicted octanol–water partition coefficient (Wildman–Crippen LogP) is -0.628. The maximum Gasteiger partial charge on any atom is 0.0971 e. The molecule has 1 aliphatic heterocycles. The highest BCUT2D eigenvalue weighted by Gasteiger charge is 2.24. The highest BCUT2D eigenvalue weighted by Crippen LogP contribution is 2.03. The Labute approximate surface area is 72.9 Å². The Morgan fingerprint density at radius 3 is 2.83 bits per heavy atom. The molecule has 4 nitrogen and oxygen atoms in total. The lowest BCUT2D eigenvalue weighted by Gasteiger charge is -2.13. The van der Waals surface area contributed by atoms with Crippen LogP contribution in [0.4, 0.5) is 0 Å². The average Bonchev–Trinajstić information content (AvgIpc) is 2.46. The van der Waals surface area contributed by atoms with Crippen molar-refractivity contribution in [3.05, 3.63) is 0 Å². The van der Waals surface area contributed by atoms with Crippen molar-refractivity contribution in [3.63, 3.8) is 0 Å². The second-order valence-electron chi connectivity index (χ2n) is 2.83. The molecule has 72 valence electrons. The molecule has 4 heteroatoms. The second-order valence-corrected chi connectivity index (χ2v) is 2.83. The summed E-state index contributed by atoms with van der Waals surface area (Å²) in [6.45, 7) is 5.23. The number of hydrogen-bond acceptors (Lipinski definition) is 4. The molecule has 1 saturated heterocycles. The van der Waals surface area contributed by atoms with Crippen molar-refractivity contribution in [2.45, 2.75) is 19.1 Å². The molecule has 1 aliphatic rings. The number of ether oxygens (including phenoxy) is 2. The maximum atomic E-state index is 9.32. The zero-order chi connectivity index (χ0) is 8.81. The van der Waals surface area contributed by atoms with Gasteiger partial charge in [-0.2, -0.15) is 0 Å².